The second kappa shape index (κ2) is 143. The van der Waals surface area contributed by atoms with Crippen molar-refractivity contribution in [2.24, 2.45) is 0 Å². The summed E-state index contributed by atoms with van der Waals surface area (Å²) in [7, 11) is 0. The van der Waals surface area contributed by atoms with Crippen LogP contribution in [0.4, 0.5) is 0 Å². The molecular formula is C5H22W6. The van der Waals surface area contributed by atoms with Crippen LogP contribution in [0.1, 0.15) is 38.6 Å². The molecule has 6 heteroatoms. The van der Waals surface area contributed by atoms with Crippen molar-refractivity contribution < 1.29 is 128 Å². The van der Waals surface area contributed by atoms with Crippen LogP contribution in [0.3, 0.4) is 0 Å². The van der Waals surface area contributed by atoms with Crippen LogP contribution in [0.15, 0.2) is 0 Å². The van der Waals surface area contributed by atoms with Gasteiger partial charge in [0.25, 0.3) is 0 Å². The summed E-state index contributed by atoms with van der Waals surface area (Å²) in [4.78, 5) is 0. The molecule has 11 heavy (non-hydrogen) atoms. The van der Waals surface area contributed by atoms with Gasteiger partial charge in [0.2, 0.25) is 0 Å². The van der Waals surface area contributed by atoms with Gasteiger partial charge in [-0.1, -0.05) is 37.1 Å². The maximum Gasteiger partial charge on any atom is 0 e. The average Bonchev–Trinajstić information content (AvgIpc) is 0. The summed E-state index contributed by atoms with van der Waals surface area (Å²) in [6, 6.07) is 0. The van der Waals surface area contributed by atoms with E-state index in [2.05, 4.69) is 0 Å². The van der Waals surface area contributed by atoms with E-state index < -0.39 is 0 Å². The standard InChI is InChI=1S/5CH4.6W.H2/h5*1H4;;;;;;;1H/i;;;;;;;;;;;1+2. The zero-order valence-corrected chi connectivity index (χ0v) is 20.0. The molecule has 0 saturated heterocycles. The predicted octanol–water partition coefficient (Wildman–Crippen LogP) is 3.41. The Bertz CT molecular complexity index is 15.9. The van der Waals surface area contributed by atoms with Gasteiger partial charge in [-0.3, -0.25) is 0 Å². The van der Waals surface area contributed by atoms with Gasteiger partial charge >= 0.3 is 0 Å². The molecule has 0 bridgehead atoms. The van der Waals surface area contributed by atoms with Gasteiger partial charge in [0.15, 0.2) is 0 Å². The van der Waals surface area contributed by atoms with E-state index in [0.717, 1.165) is 0 Å². The van der Waals surface area contributed by atoms with E-state index >= 15 is 0 Å². The van der Waals surface area contributed by atoms with Crippen molar-refractivity contribution in [2.75, 3.05) is 0 Å². The molecule has 0 nitrogen and oxygen atoms in total. The molecule has 0 fully saturated rings. The summed E-state index contributed by atoms with van der Waals surface area (Å²) in [5.74, 6) is 0. The van der Waals surface area contributed by atoms with Crippen LogP contribution in [0.25, 0.3) is 0 Å². The Hall–Kier alpha value is 4.13. The average molecular weight is 1190 g/mol. The van der Waals surface area contributed by atoms with Gasteiger partial charge in [0.05, 0.1) is 0 Å². The Morgan fingerprint density at radius 3 is 0.273 bits per heavy atom. The number of rotatable bonds is 0. The van der Waals surface area contributed by atoms with Gasteiger partial charge < -0.3 is 0 Å². The molecule has 78 valence electrons. The first kappa shape index (κ1) is 177. The quantitative estimate of drug-likeness (QED) is 0.350. The van der Waals surface area contributed by atoms with Gasteiger partial charge in [0, 0.05) is 128 Å². The third kappa shape index (κ3) is 122. The summed E-state index contributed by atoms with van der Waals surface area (Å²) in [6.07, 6.45) is 0. The molecule has 0 aliphatic carbocycles. The smallest absolute Gasteiger partial charge is 0 e. The maximum atomic E-state index is 0. The fourth-order valence-corrected chi connectivity index (χ4v) is 0. The molecule has 0 aromatic rings. The minimum absolute atomic E-state index is 0. The van der Waals surface area contributed by atoms with Gasteiger partial charge in [-0.25, -0.2) is 0 Å². The second-order valence-corrected chi connectivity index (χ2v) is 0. The molecule has 0 aliphatic heterocycles. The van der Waals surface area contributed by atoms with Crippen LogP contribution < -0.4 is 0 Å². The Kier molecular flexibility index (Phi) is 2300. The van der Waals surface area contributed by atoms with E-state index in [9.17, 15) is 0 Å². The minimum atomic E-state index is 0. The number of hydrogen-bond acceptors (Lipinski definition) is 0. The van der Waals surface area contributed by atoms with Crippen LogP contribution >= 0.6 is 0 Å². The Morgan fingerprint density at radius 1 is 0.273 bits per heavy atom. The van der Waals surface area contributed by atoms with E-state index in [0.29, 0.717) is 0 Å². The van der Waals surface area contributed by atoms with Crippen molar-refractivity contribution >= 4 is 0 Å². The normalized spacial score (nSPS) is 0. The van der Waals surface area contributed by atoms with Crippen LogP contribution in [0.5, 0.6) is 0 Å². The van der Waals surface area contributed by atoms with Crippen molar-refractivity contribution in [1.82, 2.24) is 0 Å². The van der Waals surface area contributed by atoms with E-state index in [4.69, 9.17) is 0 Å². The summed E-state index contributed by atoms with van der Waals surface area (Å²) >= 11 is 0. The van der Waals surface area contributed by atoms with Gasteiger partial charge in [0.1, 0.15) is 0 Å². The van der Waals surface area contributed by atoms with E-state index in [1.165, 1.54) is 0 Å². The summed E-state index contributed by atoms with van der Waals surface area (Å²) in [6.45, 7) is 0. The van der Waals surface area contributed by atoms with E-state index in [1.54, 1.807) is 0 Å². The predicted molar refractivity (Wildman–Crippen MR) is 35.8 cm³/mol. The monoisotopic (exact) mass is 1190 g/mol. The van der Waals surface area contributed by atoms with Crippen molar-refractivity contribution in [1.29, 1.82) is 0 Å². The van der Waals surface area contributed by atoms with Crippen LogP contribution in [0, 0.1) is 0 Å². The maximum absolute atomic E-state index is 0. The minimum Gasteiger partial charge on any atom is -0.0776 e. The number of hydrogen-bond donors (Lipinski definition) is 0. The molecule has 0 spiro atoms. The first-order valence-electron chi connectivity index (χ1n) is 0. The molecule has 0 unspecified atom stereocenters. The molecule has 0 rings (SSSR count). The summed E-state index contributed by atoms with van der Waals surface area (Å²) < 4.78 is 0. The first-order chi connectivity index (χ1) is 0. The van der Waals surface area contributed by atoms with Crippen molar-refractivity contribution in [3.8, 4) is 0 Å². The fraction of sp³-hybridized carbons (Fsp3) is 1.00. The van der Waals surface area contributed by atoms with Gasteiger partial charge in [-0.05, 0) is 0 Å². The molecule has 0 heterocycles. The molecule has 0 radical (unpaired) electrons. The van der Waals surface area contributed by atoms with Gasteiger partial charge in [-0.2, -0.15) is 0 Å². The van der Waals surface area contributed by atoms with Crippen molar-refractivity contribution in [2.45, 2.75) is 37.1 Å². The van der Waals surface area contributed by atoms with E-state index in [-0.39, 0.29) is 165 Å². The van der Waals surface area contributed by atoms with Crippen LogP contribution in [-0.2, 0) is 126 Å². The summed E-state index contributed by atoms with van der Waals surface area (Å²) in [5, 5.41) is 0. The van der Waals surface area contributed by atoms with Crippen molar-refractivity contribution in [3.63, 3.8) is 0 Å². The molecule has 0 amide bonds. The summed E-state index contributed by atoms with van der Waals surface area (Å²) in [5.41, 5.74) is 0. The second-order valence-electron chi connectivity index (χ2n) is 0. The molecule has 0 aliphatic rings. The third-order valence-electron chi connectivity index (χ3n) is 0. The van der Waals surface area contributed by atoms with E-state index in [1.807, 2.05) is 0 Å². The first-order valence-corrected chi connectivity index (χ1v) is 0. The molecule has 0 aromatic carbocycles. The van der Waals surface area contributed by atoms with Crippen LogP contribution in [0.2, 0.25) is 0 Å². The molecule has 0 atom stereocenters. The Labute approximate surface area is 162 Å². The SMILES string of the molecule is C.C.C.C.C.[3HH].[W].[W].[W].[W].[W].[W]. The molecule has 0 saturated carbocycles. The molecular weight excluding hydrogens is 1160 g/mol. The topological polar surface area (TPSA) is 0 Å². The zero-order chi connectivity index (χ0) is 0. The van der Waals surface area contributed by atoms with Crippen molar-refractivity contribution in [3.05, 3.63) is 0 Å². The fourth-order valence-electron chi connectivity index (χ4n) is 0. The van der Waals surface area contributed by atoms with Crippen LogP contribution in [-0.4, -0.2) is 0 Å². The molecule has 0 aromatic heterocycles. The third-order valence-corrected chi connectivity index (χ3v) is 0. The Morgan fingerprint density at radius 2 is 0.273 bits per heavy atom. The largest absolute Gasteiger partial charge is 0.0776 e. The van der Waals surface area contributed by atoms with Gasteiger partial charge in [-0.15, -0.1) is 0 Å². The molecule has 0 N–H and O–H groups in total. The Balaban J connectivity index is 0. The zero-order valence-electron chi connectivity index (χ0n) is 2.45.